The zero-order valence-electron chi connectivity index (χ0n) is 14.2. The van der Waals surface area contributed by atoms with Gasteiger partial charge in [-0.1, -0.05) is 12.1 Å². The van der Waals surface area contributed by atoms with Gasteiger partial charge in [0.05, 0.1) is 7.11 Å². The minimum absolute atomic E-state index is 0.0837. The average molecular weight is 326 g/mol. The number of hydrogen-bond acceptors (Lipinski definition) is 3. The maximum atomic E-state index is 12.3. The molecule has 1 N–H and O–H groups in total. The number of methoxy groups -OCH3 is 1. The number of urea groups is 1. The molecule has 0 radical (unpaired) electrons. The van der Waals surface area contributed by atoms with E-state index in [-0.39, 0.29) is 11.8 Å². The van der Waals surface area contributed by atoms with Crippen molar-refractivity contribution >= 4 is 17.5 Å². The van der Waals surface area contributed by atoms with Gasteiger partial charge in [0.15, 0.2) is 5.78 Å². The molecule has 2 amide bonds. The van der Waals surface area contributed by atoms with E-state index in [1.165, 1.54) is 4.90 Å². The highest BCUT2D eigenvalue weighted by Crippen LogP contribution is 2.16. The Balaban J connectivity index is 1.95. The van der Waals surface area contributed by atoms with Gasteiger partial charge in [-0.15, -0.1) is 0 Å². The predicted molar refractivity (Wildman–Crippen MR) is 94.8 cm³/mol. The van der Waals surface area contributed by atoms with Crippen LogP contribution in [0, 0.1) is 0 Å². The topological polar surface area (TPSA) is 58.6 Å². The average Bonchev–Trinajstić information content (AvgIpc) is 2.60. The summed E-state index contributed by atoms with van der Waals surface area (Å²) < 4.78 is 5.09. The van der Waals surface area contributed by atoms with Crippen LogP contribution in [0.2, 0.25) is 0 Å². The van der Waals surface area contributed by atoms with Crippen LogP contribution in [0.25, 0.3) is 0 Å². The molecule has 0 saturated heterocycles. The number of ether oxygens (including phenoxy) is 1. The monoisotopic (exact) mass is 326 g/mol. The van der Waals surface area contributed by atoms with Gasteiger partial charge >= 0.3 is 6.03 Å². The van der Waals surface area contributed by atoms with Crippen LogP contribution < -0.4 is 10.1 Å². The van der Waals surface area contributed by atoms with Crippen molar-refractivity contribution in [2.75, 3.05) is 26.5 Å². The van der Waals surface area contributed by atoms with Gasteiger partial charge in [0.25, 0.3) is 0 Å². The van der Waals surface area contributed by atoms with Crippen LogP contribution in [-0.4, -0.2) is 37.9 Å². The van der Waals surface area contributed by atoms with Crippen molar-refractivity contribution in [3.05, 3.63) is 59.7 Å². The molecule has 2 aromatic rings. The van der Waals surface area contributed by atoms with Crippen LogP contribution in [0.5, 0.6) is 5.75 Å². The number of ketones is 1. The maximum absolute atomic E-state index is 12.3. The third-order valence-electron chi connectivity index (χ3n) is 3.64. The van der Waals surface area contributed by atoms with Gasteiger partial charge in [0, 0.05) is 31.8 Å². The second-order valence-corrected chi connectivity index (χ2v) is 5.68. The summed E-state index contributed by atoms with van der Waals surface area (Å²) >= 11 is 0. The zero-order valence-corrected chi connectivity index (χ0v) is 14.2. The van der Waals surface area contributed by atoms with Crippen LogP contribution in [0.3, 0.4) is 0 Å². The number of rotatable bonds is 6. The largest absolute Gasteiger partial charge is 0.497 e. The molecule has 0 bridgehead atoms. The molecule has 5 nitrogen and oxygen atoms in total. The number of hydrogen-bond donors (Lipinski definition) is 1. The number of benzene rings is 2. The quantitative estimate of drug-likeness (QED) is 0.825. The number of carbonyl (C=O) groups excluding carboxylic acids is 2. The molecule has 2 rings (SSSR count). The normalized spacial score (nSPS) is 10.1. The molecule has 0 atom stereocenters. The predicted octanol–water partition coefficient (Wildman–Crippen LogP) is 3.60. The summed E-state index contributed by atoms with van der Waals surface area (Å²) in [4.78, 5) is 25.4. The number of nitrogens with zero attached hydrogens (tertiary/aromatic N) is 1. The van der Waals surface area contributed by atoms with Gasteiger partial charge in [-0.25, -0.2) is 4.79 Å². The molecule has 0 spiro atoms. The summed E-state index contributed by atoms with van der Waals surface area (Å²) in [7, 11) is 4.97. The van der Waals surface area contributed by atoms with E-state index in [1.807, 2.05) is 24.3 Å². The number of amides is 2. The minimum Gasteiger partial charge on any atom is -0.497 e. The van der Waals surface area contributed by atoms with E-state index in [2.05, 4.69) is 5.32 Å². The summed E-state index contributed by atoms with van der Waals surface area (Å²) in [5.74, 6) is 0.816. The van der Waals surface area contributed by atoms with E-state index in [1.54, 1.807) is 45.5 Å². The second-order valence-electron chi connectivity index (χ2n) is 5.68. The maximum Gasteiger partial charge on any atom is 0.321 e. The van der Waals surface area contributed by atoms with Crippen LogP contribution >= 0.6 is 0 Å². The zero-order chi connectivity index (χ0) is 17.5. The Kier molecular flexibility index (Phi) is 5.95. The molecule has 0 saturated carbocycles. The van der Waals surface area contributed by atoms with Crippen molar-refractivity contribution in [3.63, 3.8) is 0 Å². The SMILES string of the molecule is COc1ccc(C(=O)CCc2cccc(NC(=O)N(C)C)c2)cc1. The Bertz CT molecular complexity index is 709. The van der Waals surface area contributed by atoms with Crippen molar-refractivity contribution < 1.29 is 14.3 Å². The van der Waals surface area contributed by atoms with E-state index >= 15 is 0 Å². The number of nitrogens with one attached hydrogen (secondary N) is 1. The highest BCUT2D eigenvalue weighted by molar-refractivity contribution is 5.96. The fourth-order valence-corrected chi connectivity index (χ4v) is 2.22. The lowest BCUT2D eigenvalue weighted by Gasteiger charge is -2.12. The second kappa shape index (κ2) is 8.15. The highest BCUT2D eigenvalue weighted by atomic mass is 16.5. The number of anilines is 1. The molecule has 0 aliphatic rings. The Hall–Kier alpha value is -2.82. The molecule has 0 unspecified atom stereocenters. The Morgan fingerprint density at radius 1 is 1.08 bits per heavy atom. The molecule has 0 aromatic heterocycles. The molecular formula is C19H22N2O3. The third-order valence-corrected chi connectivity index (χ3v) is 3.64. The van der Waals surface area contributed by atoms with Crippen LogP contribution in [0.4, 0.5) is 10.5 Å². The van der Waals surface area contributed by atoms with Crippen molar-refractivity contribution in [2.24, 2.45) is 0 Å². The lowest BCUT2D eigenvalue weighted by molar-refractivity contribution is 0.0983. The van der Waals surface area contributed by atoms with Gasteiger partial charge in [0.1, 0.15) is 5.75 Å². The first-order valence-corrected chi connectivity index (χ1v) is 7.74. The van der Waals surface area contributed by atoms with Crippen molar-refractivity contribution in [1.82, 2.24) is 4.90 Å². The fourth-order valence-electron chi connectivity index (χ4n) is 2.22. The van der Waals surface area contributed by atoms with Crippen LogP contribution in [0.1, 0.15) is 22.3 Å². The summed E-state index contributed by atoms with van der Waals surface area (Å²) in [6.45, 7) is 0. The lowest BCUT2D eigenvalue weighted by atomic mass is 10.0. The molecule has 126 valence electrons. The number of aryl methyl sites for hydroxylation is 1. The molecular weight excluding hydrogens is 304 g/mol. The number of Topliss-reactive ketones (excluding diaryl/α,β-unsaturated/α-hetero) is 1. The highest BCUT2D eigenvalue weighted by Gasteiger charge is 2.08. The van der Waals surface area contributed by atoms with E-state index in [4.69, 9.17) is 4.74 Å². The molecule has 0 aliphatic heterocycles. The van der Waals surface area contributed by atoms with E-state index in [0.29, 0.717) is 18.4 Å². The Labute approximate surface area is 142 Å². The van der Waals surface area contributed by atoms with Gasteiger partial charge in [-0.3, -0.25) is 4.79 Å². The smallest absolute Gasteiger partial charge is 0.321 e. The molecule has 0 fully saturated rings. The van der Waals surface area contributed by atoms with Crippen LogP contribution in [0.15, 0.2) is 48.5 Å². The molecule has 24 heavy (non-hydrogen) atoms. The lowest BCUT2D eigenvalue weighted by Crippen LogP contribution is -2.27. The van der Waals surface area contributed by atoms with E-state index in [0.717, 1.165) is 17.0 Å². The van der Waals surface area contributed by atoms with Crippen molar-refractivity contribution in [3.8, 4) is 5.75 Å². The molecule has 0 heterocycles. The van der Waals surface area contributed by atoms with Gasteiger partial charge in [-0.05, 0) is 48.4 Å². The van der Waals surface area contributed by atoms with Gasteiger partial charge < -0.3 is 15.0 Å². The fraction of sp³-hybridized carbons (Fsp3) is 0.263. The summed E-state index contributed by atoms with van der Waals surface area (Å²) in [5.41, 5.74) is 2.41. The van der Waals surface area contributed by atoms with E-state index in [9.17, 15) is 9.59 Å². The molecule has 0 aliphatic carbocycles. The summed E-state index contributed by atoms with van der Waals surface area (Å²) in [6, 6.07) is 14.5. The van der Waals surface area contributed by atoms with E-state index < -0.39 is 0 Å². The standard InChI is InChI=1S/C19H22N2O3/c1-21(2)19(23)20-16-6-4-5-14(13-16)7-12-18(22)15-8-10-17(24-3)11-9-15/h4-6,8-11,13H,7,12H2,1-3H3,(H,20,23). The first kappa shape index (κ1) is 17.5. The first-order valence-electron chi connectivity index (χ1n) is 7.74. The molecule has 5 heteroatoms. The summed E-state index contributed by atoms with van der Waals surface area (Å²) in [6.07, 6.45) is 1.04. The van der Waals surface area contributed by atoms with Crippen molar-refractivity contribution in [1.29, 1.82) is 0 Å². The summed E-state index contributed by atoms with van der Waals surface area (Å²) in [5, 5.41) is 2.80. The van der Waals surface area contributed by atoms with Crippen molar-refractivity contribution in [2.45, 2.75) is 12.8 Å². The number of carbonyl (C=O) groups is 2. The van der Waals surface area contributed by atoms with Crippen LogP contribution in [-0.2, 0) is 6.42 Å². The molecule has 2 aromatic carbocycles. The third kappa shape index (κ3) is 4.84. The Morgan fingerprint density at radius 2 is 1.79 bits per heavy atom. The first-order chi connectivity index (χ1) is 11.5. The van der Waals surface area contributed by atoms with Gasteiger partial charge in [-0.2, -0.15) is 0 Å². The minimum atomic E-state index is -0.179. The Morgan fingerprint density at radius 3 is 2.42 bits per heavy atom. The van der Waals surface area contributed by atoms with Gasteiger partial charge in [0.2, 0.25) is 0 Å².